The zero-order valence-electron chi connectivity index (χ0n) is 13.7. The highest BCUT2D eigenvalue weighted by Crippen LogP contribution is 2.22. The summed E-state index contributed by atoms with van der Waals surface area (Å²) in [5.41, 5.74) is 0.880. The van der Waals surface area contributed by atoms with E-state index >= 15 is 0 Å². The monoisotopic (exact) mass is 410 g/mol. The number of rotatable bonds is 7. The van der Waals surface area contributed by atoms with Gasteiger partial charge in [-0.05, 0) is 30.7 Å². The lowest BCUT2D eigenvalue weighted by Gasteiger charge is -2.22. The molecule has 0 heterocycles. The topological polar surface area (TPSA) is 156 Å². The minimum atomic E-state index is -1.79. The van der Waals surface area contributed by atoms with Crippen LogP contribution in [-0.4, -0.2) is 73.9 Å². The number of hydrogen-bond donors (Lipinski definition) is 6. The predicted molar refractivity (Wildman–Crippen MR) is 94.9 cm³/mol. The van der Waals surface area contributed by atoms with Crippen molar-refractivity contribution in [1.29, 1.82) is 0 Å². The molecule has 0 amide bonds. The summed E-state index contributed by atoms with van der Waals surface area (Å²) >= 11 is 11.6. The second-order valence-electron chi connectivity index (χ2n) is 5.16. The van der Waals surface area contributed by atoms with Gasteiger partial charge in [-0.2, -0.15) is 0 Å². The Morgan fingerprint density at radius 3 is 2.15 bits per heavy atom. The Morgan fingerprint density at radius 2 is 1.73 bits per heavy atom. The Bertz CT molecular complexity index is 635. The summed E-state index contributed by atoms with van der Waals surface area (Å²) in [6.07, 6.45) is -5.34. The number of carbonyl (C=O) groups excluding carboxylic acids is 1. The molecule has 10 heteroatoms. The fourth-order valence-corrected chi connectivity index (χ4v) is 1.99. The number of halogens is 2. The van der Waals surface area contributed by atoms with Gasteiger partial charge in [-0.1, -0.05) is 29.3 Å². The van der Waals surface area contributed by atoms with Gasteiger partial charge in [0.25, 0.3) is 0 Å². The van der Waals surface area contributed by atoms with E-state index in [2.05, 4.69) is 0 Å². The summed E-state index contributed by atoms with van der Waals surface area (Å²) in [5.74, 6) is -0.962. The normalized spacial score (nSPS) is 15.9. The molecule has 146 valence electrons. The van der Waals surface area contributed by atoms with Crippen molar-refractivity contribution in [2.75, 3.05) is 6.61 Å². The Balaban J connectivity index is 0.000000488. The number of aliphatic hydroxyl groups excluding tert-OH is 5. The van der Waals surface area contributed by atoms with Crippen LogP contribution in [0.25, 0.3) is 6.08 Å². The van der Waals surface area contributed by atoms with Crippen LogP contribution in [0.3, 0.4) is 0 Å². The molecule has 1 aromatic carbocycles. The Hall–Kier alpha value is -1.52. The fraction of sp³-hybridized carbons (Fsp3) is 0.375. The minimum absolute atomic E-state index is 0.0258. The van der Waals surface area contributed by atoms with Crippen LogP contribution in [0.4, 0.5) is 0 Å². The van der Waals surface area contributed by atoms with E-state index in [1.54, 1.807) is 18.2 Å². The molecule has 1 aromatic rings. The van der Waals surface area contributed by atoms with Crippen LogP contribution in [0.1, 0.15) is 12.5 Å². The zero-order chi connectivity index (χ0) is 20.4. The first-order valence-electron chi connectivity index (χ1n) is 7.20. The van der Waals surface area contributed by atoms with Crippen molar-refractivity contribution in [3.05, 3.63) is 39.4 Å². The quantitative estimate of drug-likeness (QED) is 0.273. The minimum Gasteiger partial charge on any atom is -0.478 e. The fourth-order valence-electron chi connectivity index (χ4n) is 1.53. The molecule has 0 radical (unpaired) electrons. The summed E-state index contributed by atoms with van der Waals surface area (Å²) in [7, 11) is 0. The molecule has 6 N–H and O–H groups in total. The van der Waals surface area contributed by atoms with Crippen molar-refractivity contribution in [3.8, 4) is 0 Å². The number of aliphatic carboxylic acids is 1. The summed E-state index contributed by atoms with van der Waals surface area (Å²) in [4.78, 5) is 20.4. The van der Waals surface area contributed by atoms with Gasteiger partial charge in [0.15, 0.2) is 6.29 Å². The lowest BCUT2D eigenvalue weighted by molar-refractivity contribution is -0.136. The molecule has 0 aliphatic rings. The summed E-state index contributed by atoms with van der Waals surface area (Å²) in [6, 6.07) is 4.91. The van der Waals surface area contributed by atoms with Gasteiger partial charge in [-0.3, -0.25) is 0 Å². The first-order valence-corrected chi connectivity index (χ1v) is 7.95. The number of carboxylic acid groups (broad SMARTS) is 1. The van der Waals surface area contributed by atoms with Crippen molar-refractivity contribution in [2.45, 2.75) is 31.3 Å². The molecule has 0 aliphatic carbocycles. The van der Waals surface area contributed by atoms with E-state index in [0.29, 0.717) is 15.6 Å². The van der Waals surface area contributed by atoms with Gasteiger partial charge in [-0.25, -0.2) is 4.79 Å². The van der Waals surface area contributed by atoms with Gasteiger partial charge >= 0.3 is 5.97 Å². The van der Waals surface area contributed by atoms with E-state index in [1.165, 1.54) is 13.0 Å². The SMILES string of the molecule is CC(=Cc1ccc(Cl)cc1Cl)C(=O)O.O=C[C@H](O)[C@@H](O)[C@@H](O)[C@H](O)CO. The van der Waals surface area contributed by atoms with Crippen LogP contribution < -0.4 is 0 Å². The van der Waals surface area contributed by atoms with E-state index in [1.807, 2.05) is 0 Å². The average Bonchev–Trinajstić information content (AvgIpc) is 2.61. The summed E-state index contributed by atoms with van der Waals surface area (Å²) < 4.78 is 0. The molecule has 0 bridgehead atoms. The molecule has 0 saturated carbocycles. The first kappa shape index (κ1) is 24.5. The predicted octanol–water partition coefficient (Wildman–Crippen LogP) is 0.103. The van der Waals surface area contributed by atoms with E-state index in [9.17, 15) is 9.59 Å². The van der Waals surface area contributed by atoms with Crippen LogP contribution >= 0.6 is 23.2 Å². The molecule has 0 aromatic heterocycles. The third-order valence-corrected chi connectivity index (χ3v) is 3.65. The second kappa shape index (κ2) is 12.0. The van der Waals surface area contributed by atoms with E-state index < -0.39 is 37.0 Å². The molecule has 4 atom stereocenters. The summed E-state index contributed by atoms with van der Waals surface area (Å²) in [5, 5.41) is 53.2. The maximum atomic E-state index is 10.5. The Labute approximate surface area is 159 Å². The second-order valence-corrected chi connectivity index (χ2v) is 6.00. The van der Waals surface area contributed by atoms with Crippen LogP contribution in [0, 0.1) is 0 Å². The van der Waals surface area contributed by atoms with E-state index in [4.69, 9.17) is 53.8 Å². The van der Waals surface area contributed by atoms with Crippen LogP contribution in [0.15, 0.2) is 23.8 Å². The molecular weight excluding hydrogens is 391 g/mol. The molecule has 0 spiro atoms. The largest absolute Gasteiger partial charge is 0.478 e. The van der Waals surface area contributed by atoms with Gasteiger partial charge in [-0.15, -0.1) is 0 Å². The molecule has 0 fully saturated rings. The molecule has 0 saturated heterocycles. The number of benzene rings is 1. The van der Waals surface area contributed by atoms with Crippen molar-refractivity contribution in [3.63, 3.8) is 0 Å². The molecule has 0 unspecified atom stereocenters. The van der Waals surface area contributed by atoms with Gasteiger partial charge in [0.05, 0.1) is 6.61 Å². The highest BCUT2D eigenvalue weighted by atomic mass is 35.5. The highest BCUT2D eigenvalue weighted by Gasteiger charge is 2.29. The van der Waals surface area contributed by atoms with Crippen LogP contribution in [-0.2, 0) is 9.59 Å². The number of hydrogen-bond acceptors (Lipinski definition) is 7. The Morgan fingerprint density at radius 1 is 1.15 bits per heavy atom. The van der Waals surface area contributed by atoms with Gasteiger partial charge in [0, 0.05) is 15.6 Å². The van der Waals surface area contributed by atoms with Gasteiger partial charge in [0.2, 0.25) is 0 Å². The lowest BCUT2D eigenvalue weighted by atomic mass is 10.0. The Kier molecular flexibility index (Phi) is 11.3. The third kappa shape index (κ3) is 8.24. The zero-order valence-corrected chi connectivity index (χ0v) is 15.2. The van der Waals surface area contributed by atoms with Crippen molar-refractivity contribution >= 4 is 41.5 Å². The standard InChI is InChI=1S/C10H8Cl2O2.C6H12O6/c1-6(10(13)14)4-7-2-3-8(11)5-9(7)12;7-1-3(9)5(11)6(12)4(10)2-8/h2-5H,1H3,(H,13,14);1,3-6,8-12H,2H2/t;3-,4+,5+,6-/m.0/s1. The van der Waals surface area contributed by atoms with E-state index in [0.717, 1.165) is 0 Å². The lowest BCUT2D eigenvalue weighted by Crippen LogP contribution is -2.46. The number of carboxylic acids is 1. The number of carbonyl (C=O) groups is 2. The van der Waals surface area contributed by atoms with Crippen molar-refractivity contribution in [1.82, 2.24) is 0 Å². The van der Waals surface area contributed by atoms with E-state index in [-0.39, 0.29) is 11.9 Å². The molecule has 26 heavy (non-hydrogen) atoms. The number of aldehydes is 1. The molecular formula is C16H20Cl2O8. The van der Waals surface area contributed by atoms with Crippen LogP contribution in [0.2, 0.25) is 10.0 Å². The highest BCUT2D eigenvalue weighted by molar-refractivity contribution is 6.35. The third-order valence-electron chi connectivity index (χ3n) is 3.09. The van der Waals surface area contributed by atoms with Crippen LogP contribution in [0.5, 0.6) is 0 Å². The maximum Gasteiger partial charge on any atom is 0.331 e. The van der Waals surface area contributed by atoms with Crippen molar-refractivity contribution < 1.29 is 40.2 Å². The maximum absolute atomic E-state index is 10.5. The summed E-state index contributed by atoms with van der Waals surface area (Å²) in [6.45, 7) is 0.747. The van der Waals surface area contributed by atoms with Gasteiger partial charge in [0.1, 0.15) is 24.4 Å². The average molecular weight is 411 g/mol. The molecule has 0 aliphatic heterocycles. The molecule has 1 rings (SSSR count). The van der Waals surface area contributed by atoms with Crippen molar-refractivity contribution in [2.24, 2.45) is 0 Å². The molecule has 8 nitrogen and oxygen atoms in total. The number of aliphatic hydroxyl groups is 5. The van der Waals surface area contributed by atoms with Gasteiger partial charge < -0.3 is 35.4 Å². The first-order chi connectivity index (χ1) is 12.0. The smallest absolute Gasteiger partial charge is 0.331 e.